The molecule has 2 aromatic rings. The van der Waals surface area contributed by atoms with Crippen molar-refractivity contribution in [3.05, 3.63) is 45.2 Å². The third kappa shape index (κ3) is 3.47. The summed E-state index contributed by atoms with van der Waals surface area (Å²) in [5.41, 5.74) is 10.1. The first-order valence-electron chi connectivity index (χ1n) is 7.20. The Morgan fingerprint density at radius 3 is 2.76 bits per heavy atom. The fourth-order valence-corrected chi connectivity index (χ4v) is 3.12. The van der Waals surface area contributed by atoms with Crippen molar-refractivity contribution in [1.82, 2.24) is 9.78 Å². The van der Waals surface area contributed by atoms with Crippen LogP contribution in [0, 0.1) is 6.92 Å². The Bertz CT molecular complexity index is 622. The molecule has 4 nitrogen and oxygen atoms in total. The number of aromatic nitrogens is 2. The van der Waals surface area contributed by atoms with Crippen molar-refractivity contribution >= 4 is 15.9 Å². The second kappa shape index (κ2) is 7.09. The topological polar surface area (TPSA) is 53.1 Å². The van der Waals surface area contributed by atoms with Crippen molar-refractivity contribution in [3.63, 3.8) is 0 Å². The Balaban J connectivity index is 2.22. The lowest BCUT2D eigenvalue weighted by Crippen LogP contribution is -2.08. The quantitative estimate of drug-likeness (QED) is 0.869. The van der Waals surface area contributed by atoms with Gasteiger partial charge in [-0.1, -0.05) is 25.1 Å². The van der Waals surface area contributed by atoms with Crippen LogP contribution in [0.3, 0.4) is 0 Å². The van der Waals surface area contributed by atoms with Gasteiger partial charge >= 0.3 is 0 Å². The molecule has 0 radical (unpaired) electrons. The maximum Gasteiger partial charge on any atom is 0.131 e. The zero-order valence-corrected chi connectivity index (χ0v) is 14.4. The smallest absolute Gasteiger partial charge is 0.131 e. The van der Waals surface area contributed by atoms with E-state index in [0.717, 1.165) is 45.6 Å². The van der Waals surface area contributed by atoms with Gasteiger partial charge in [0.15, 0.2) is 0 Å². The van der Waals surface area contributed by atoms with Crippen LogP contribution in [0.1, 0.15) is 29.4 Å². The molecule has 0 aliphatic heterocycles. The van der Waals surface area contributed by atoms with Crippen LogP contribution in [0.5, 0.6) is 5.75 Å². The predicted molar refractivity (Wildman–Crippen MR) is 88.6 cm³/mol. The van der Waals surface area contributed by atoms with E-state index in [-0.39, 0.29) is 0 Å². The number of hydrogen-bond acceptors (Lipinski definition) is 3. The number of hydrogen-bond donors (Lipinski definition) is 1. The molecule has 0 aliphatic rings. The molecule has 21 heavy (non-hydrogen) atoms. The zero-order chi connectivity index (χ0) is 15.4. The van der Waals surface area contributed by atoms with Crippen LogP contribution in [0.25, 0.3) is 0 Å². The Kier molecular flexibility index (Phi) is 5.42. The molecule has 1 aromatic heterocycles. The van der Waals surface area contributed by atoms with Gasteiger partial charge < -0.3 is 10.5 Å². The van der Waals surface area contributed by atoms with Crippen LogP contribution < -0.4 is 10.5 Å². The van der Waals surface area contributed by atoms with Gasteiger partial charge in [0.1, 0.15) is 12.4 Å². The second-order valence-corrected chi connectivity index (χ2v) is 5.87. The molecule has 2 N–H and O–H groups in total. The second-order valence-electron chi connectivity index (χ2n) is 5.08. The minimum absolute atomic E-state index is 0.493. The van der Waals surface area contributed by atoms with E-state index in [1.54, 1.807) is 0 Å². The number of ether oxygens (including phenoxy) is 1. The minimum Gasteiger partial charge on any atom is -0.487 e. The van der Waals surface area contributed by atoms with Crippen LogP contribution in [-0.2, 0) is 26.5 Å². The molecule has 114 valence electrons. The summed E-state index contributed by atoms with van der Waals surface area (Å²) in [4.78, 5) is 0. The predicted octanol–water partition coefficient (Wildman–Crippen LogP) is 3.13. The van der Waals surface area contributed by atoms with Gasteiger partial charge in [0.2, 0.25) is 0 Å². The lowest BCUT2D eigenvalue weighted by Gasteiger charge is -2.14. The summed E-state index contributed by atoms with van der Waals surface area (Å²) in [7, 11) is 1.95. The maximum atomic E-state index is 6.08. The molecular weight excluding hydrogens is 330 g/mol. The SMILES string of the molecule is CCc1nn(C)c(COc2c(C)cccc2CCN)c1Br. The summed E-state index contributed by atoms with van der Waals surface area (Å²) in [6, 6.07) is 6.18. The third-order valence-corrected chi connectivity index (χ3v) is 4.48. The van der Waals surface area contributed by atoms with Crippen molar-refractivity contribution in [2.45, 2.75) is 33.3 Å². The molecule has 5 heteroatoms. The number of para-hydroxylation sites is 1. The molecule has 0 amide bonds. The Morgan fingerprint density at radius 1 is 1.38 bits per heavy atom. The number of halogens is 1. The van der Waals surface area contributed by atoms with Crippen LogP contribution in [0.4, 0.5) is 0 Å². The van der Waals surface area contributed by atoms with Crippen molar-refractivity contribution in [2.75, 3.05) is 6.54 Å². The Morgan fingerprint density at radius 2 is 2.14 bits per heavy atom. The Hall–Kier alpha value is -1.33. The van der Waals surface area contributed by atoms with E-state index in [4.69, 9.17) is 10.5 Å². The standard InChI is InChI=1S/C16H22BrN3O/c1-4-13-15(17)14(20(3)19-13)10-21-16-11(2)6-5-7-12(16)8-9-18/h5-7H,4,8-10,18H2,1-3H3. The minimum atomic E-state index is 0.493. The van der Waals surface area contributed by atoms with Gasteiger partial charge in [0, 0.05) is 7.05 Å². The molecule has 0 saturated carbocycles. The molecule has 0 atom stereocenters. The summed E-state index contributed by atoms with van der Waals surface area (Å²) in [5.74, 6) is 0.939. The molecule has 0 spiro atoms. The van der Waals surface area contributed by atoms with Crippen molar-refractivity contribution in [2.24, 2.45) is 12.8 Å². The van der Waals surface area contributed by atoms with Gasteiger partial charge in [-0.3, -0.25) is 4.68 Å². The lowest BCUT2D eigenvalue weighted by atomic mass is 10.1. The molecular formula is C16H22BrN3O. The summed E-state index contributed by atoms with van der Waals surface area (Å²) in [5, 5.41) is 4.49. The molecule has 1 heterocycles. The fourth-order valence-electron chi connectivity index (χ4n) is 2.39. The van der Waals surface area contributed by atoms with E-state index in [1.807, 2.05) is 17.8 Å². The summed E-state index contributed by atoms with van der Waals surface area (Å²) in [6.45, 7) is 5.27. The largest absolute Gasteiger partial charge is 0.487 e. The lowest BCUT2D eigenvalue weighted by molar-refractivity contribution is 0.289. The normalized spacial score (nSPS) is 10.9. The van der Waals surface area contributed by atoms with E-state index in [1.165, 1.54) is 0 Å². The van der Waals surface area contributed by atoms with Crippen LogP contribution in [0.2, 0.25) is 0 Å². The van der Waals surface area contributed by atoms with Gasteiger partial charge in [0.25, 0.3) is 0 Å². The third-order valence-electron chi connectivity index (χ3n) is 3.56. The first-order chi connectivity index (χ1) is 10.1. The molecule has 0 aliphatic carbocycles. The highest BCUT2D eigenvalue weighted by molar-refractivity contribution is 9.10. The van der Waals surface area contributed by atoms with E-state index in [2.05, 4.69) is 47.0 Å². The number of nitrogens with zero attached hydrogens (tertiary/aromatic N) is 2. The average Bonchev–Trinajstić information content (AvgIpc) is 2.73. The molecule has 0 saturated heterocycles. The fraction of sp³-hybridized carbons (Fsp3) is 0.438. The summed E-state index contributed by atoms with van der Waals surface area (Å²) in [6.07, 6.45) is 1.72. The number of rotatable bonds is 6. The average molecular weight is 352 g/mol. The summed E-state index contributed by atoms with van der Waals surface area (Å²) < 4.78 is 9.00. The molecule has 0 bridgehead atoms. The van der Waals surface area contributed by atoms with Crippen molar-refractivity contribution in [3.8, 4) is 5.75 Å². The van der Waals surface area contributed by atoms with E-state index < -0.39 is 0 Å². The first kappa shape index (κ1) is 16.0. The first-order valence-corrected chi connectivity index (χ1v) is 7.99. The monoisotopic (exact) mass is 351 g/mol. The van der Waals surface area contributed by atoms with Gasteiger partial charge in [-0.15, -0.1) is 0 Å². The maximum absolute atomic E-state index is 6.08. The number of aryl methyl sites for hydroxylation is 3. The zero-order valence-electron chi connectivity index (χ0n) is 12.8. The van der Waals surface area contributed by atoms with E-state index in [0.29, 0.717) is 13.2 Å². The highest BCUT2D eigenvalue weighted by atomic mass is 79.9. The van der Waals surface area contributed by atoms with E-state index in [9.17, 15) is 0 Å². The molecule has 1 aromatic carbocycles. The van der Waals surface area contributed by atoms with Crippen LogP contribution >= 0.6 is 15.9 Å². The molecule has 0 fully saturated rings. The van der Waals surface area contributed by atoms with E-state index >= 15 is 0 Å². The van der Waals surface area contributed by atoms with Crippen molar-refractivity contribution in [1.29, 1.82) is 0 Å². The van der Waals surface area contributed by atoms with Gasteiger partial charge in [-0.25, -0.2) is 0 Å². The van der Waals surface area contributed by atoms with Gasteiger partial charge in [-0.05, 0) is 53.4 Å². The van der Waals surface area contributed by atoms with Crippen LogP contribution in [-0.4, -0.2) is 16.3 Å². The molecule has 0 unspecified atom stereocenters. The van der Waals surface area contributed by atoms with Gasteiger partial charge in [-0.2, -0.15) is 5.10 Å². The van der Waals surface area contributed by atoms with Gasteiger partial charge in [0.05, 0.1) is 15.9 Å². The number of nitrogens with two attached hydrogens (primary N) is 1. The van der Waals surface area contributed by atoms with Crippen molar-refractivity contribution < 1.29 is 4.74 Å². The highest BCUT2D eigenvalue weighted by Gasteiger charge is 2.14. The summed E-state index contributed by atoms with van der Waals surface area (Å²) >= 11 is 3.62. The highest BCUT2D eigenvalue weighted by Crippen LogP contribution is 2.27. The number of benzene rings is 1. The molecule has 2 rings (SSSR count). The Labute approximate surface area is 134 Å². The van der Waals surface area contributed by atoms with Crippen LogP contribution in [0.15, 0.2) is 22.7 Å².